The maximum Gasteiger partial charge on any atom is 0.226 e. The van der Waals surface area contributed by atoms with Crippen molar-refractivity contribution in [3.05, 3.63) is 34.4 Å². The van der Waals surface area contributed by atoms with E-state index in [2.05, 4.69) is 0 Å². The van der Waals surface area contributed by atoms with Crippen molar-refractivity contribution in [2.45, 2.75) is 50.7 Å². The molecule has 0 unspecified atom stereocenters. The molecule has 0 fully saturated rings. The lowest BCUT2D eigenvalue weighted by atomic mass is 9.88. The topological polar surface area (TPSA) is 0 Å². The van der Waals surface area contributed by atoms with E-state index in [-0.39, 0.29) is 28.7 Å². The highest BCUT2D eigenvalue weighted by atomic mass is 35.6. The van der Waals surface area contributed by atoms with E-state index in [1.54, 1.807) is 6.92 Å². The third kappa shape index (κ3) is 7.39. The van der Waals surface area contributed by atoms with Gasteiger partial charge in [0.2, 0.25) is 24.4 Å². The molecular weight excluding hydrogens is 949 g/mol. The van der Waals surface area contributed by atoms with Crippen molar-refractivity contribution in [2.75, 3.05) is 0 Å². The zero-order chi connectivity index (χ0) is 30.9. The van der Waals surface area contributed by atoms with Crippen LogP contribution in [0.3, 0.4) is 0 Å². The molecule has 21 heteroatoms. The molecule has 0 aromatic heterocycles. The number of hydrogen-bond acceptors (Lipinski definition) is 0. The van der Waals surface area contributed by atoms with Gasteiger partial charge in [-0.1, -0.05) is 251 Å². The normalized spacial score (nSPS) is 15.7. The lowest BCUT2D eigenvalue weighted by Gasteiger charge is -2.44. The summed E-state index contributed by atoms with van der Waals surface area (Å²) >= 11 is 132. The summed E-state index contributed by atoms with van der Waals surface area (Å²) in [5.74, 6) is 0. The van der Waals surface area contributed by atoms with E-state index in [1.807, 2.05) is 0 Å². The molecule has 0 radical (unpaired) electrons. The quantitative estimate of drug-likeness (QED) is 0.239. The van der Waals surface area contributed by atoms with Crippen LogP contribution in [-0.4, -0.2) is 24.4 Å². The summed E-state index contributed by atoms with van der Waals surface area (Å²) in [4.78, 5) is 0. The Morgan fingerprint density at radius 3 is 0.868 bits per heavy atom. The smallest absolute Gasteiger partial charge is 0.0930 e. The van der Waals surface area contributed by atoms with E-state index in [9.17, 15) is 0 Å². The van der Waals surface area contributed by atoms with Crippen LogP contribution < -0.4 is 0 Å². The van der Waals surface area contributed by atoms with Crippen molar-refractivity contribution in [3.8, 4) is 0 Å². The number of benzene rings is 1. The molecule has 1 rings (SSSR count). The Hall–Kier alpha value is 5.31. The molecule has 0 N–H and O–H groups in total. The predicted molar refractivity (Wildman–Crippen MR) is 180 cm³/mol. The molecule has 0 nitrogen and oxygen atoms in total. The Kier molecular flexibility index (Phi) is 14.2. The monoisotopic (exact) mass is 945 g/mol. The van der Waals surface area contributed by atoms with Crippen molar-refractivity contribution < 1.29 is 0 Å². The van der Waals surface area contributed by atoms with Gasteiger partial charge < -0.3 is 0 Å². The lowest BCUT2D eigenvalue weighted by molar-refractivity contribution is 0.654. The van der Waals surface area contributed by atoms with Gasteiger partial charge >= 0.3 is 0 Å². The Morgan fingerprint density at radius 2 is 0.658 bits per heavy atom. The van der Waals surface area contributed by atoms with Crippen LogP contribution in [0.15, 0.2) is 12.1 Å². The van der Waals surface area contributed by atoms with E-state index >= 15 is 0 Å². The van der Waals surface area contributed by atoms with E-state index in [0.717, 1.165) is 12.1 Å². The Bertz CT molecular complexity index is 961. The summed E-state index contributed by atoms with van der Waals surface area (Å²) in [5, 5.41) is 0. The minimum Gasteiger partial charge on any atom is -0.0930 e. The van der Waals surface area contributed by atoms with Gasteiger partial charge in [0.1, 0.15) is 0 Å². The molecular formula is C17H7Cl21. The highest BCUT2D eigenvalue weighted by molar-refractivity contribution is 6.80. The summed E-state index contributed by atoms with van der Waals surface area (Å²) in [6, 6.07) is 2.25. The van der Waals surface area contributed by atoms with Gasteiger partial charge in [-0.15, -0.1) is 0 Å². The molecule has 0 bridgehead atoms. The zero-order valence-electron chi connectivity index (χ0n) is 17.3. The summed E-state index contributed by atoms with van der Waals surface area (Å²) in [5.41, 5.74) is -0.787. The number of halogens is 21. The summed E-state index contributed by atoms with van der Waals surface area (Å²) in [6.45, 7) is 1.60. The highest BCUT2D eigenvalue weighted by Crippen LogP contribution is 2.66. The van der Waals surface area contributed by atoms with Crippen molar-refractivity contribution in [1.82, 2.24) is 0 Å². The van der Waals surface area contributed by atoms with Crippen molar-refractivity contribution in [1.29, 1.82) is 0 Å². The average Bonchev–Trinajstić information content (AvgIpc) is 2.69. The van der Waals surface area contributed by atoms with E-state index in [4.69, 9.17) is 244 Å². The number of hydrogen-bond donors (Lipinski definition) is 0. The molecule has 0 aliphatic rings. The lowest BCUT2D eigenvalue weighted by Crippen LogP contribution is -2.48. The standard InChI is InChI=1S/C17H7Cl21/c1-2-6-7(10(20,21)13(26,27)16(33,34)35)3-5(9(18,19)12(24,25)15(30,31)32)4-8(6)11(22,23)14(28,29)17(36,37)38/h3-4H,2H2,1H3. The van der Waals surface area contributed by atoms with Crippen molar-refractivity contribution in [3.63, 3.8) is 0 Å². The highest BCUT2D eigenvalue weighted by Gasteiger charge is 2.66. The van der Waals surface area contributed by atoms with Crippen LogP contribution in [0.4, 0.5) is 0 Å². The fourth-order valence-corrected chi connectivity index (χ4v) is 7.36. The van der Waals surface area contributed by atoms with E-state index in [1.165, 1.54) is 0 Å². The molecule has 1 aromatic rings. The summed E-state index contributed by atoms with van der Waals surface area (Å²) in [7, 11) is 0. The molecule has 0 aliphatic heterocycles. The van der Waals surface area contributed by atoms with Crippen LogP contribution in [0.1, 0.15) is 29.2 Å². The second-order valence-electron chi connectivity index (χ2n) is 7.34. The third-order valence-corrected chi connectivity index (χ3v) is 16.7. The Labute approximate surface area is 324 Å². The summed E-state index contributed by atoms with van der Waals surface area (Å²) in [6.07, 6.45) is -0.00429. The zero-order valence-corrected chi connectivity index (χ0v) is 33.2. The first-order chi connectivity index (χ1) is 16.3. The summed E-state index contributed by atoms with van der Waals surface area (Å²) < 4.78 is -22.9. The van der Waals surface area contributed by atoms with E-state index < -0.39 is 37.4 Å². The van der Waals surface area contributed by atoms with Crippen LogP contribution >= 0.6 is 244 Å². The second kappa shape index (κ2) is 13.1. The fraction of sp³-hybridized carbons (Fsp3) is 0.647. The molecule has 0 spiro atoms. The van der Waals surface area contributed by atoms with Gasteiger partial charge in [0.05, 0.1) is 0 Å². The number of rotatable bonds is 7. The molecule has 0 amide bonds. The third-order valence-electron chi connectivity index (χ3n) is 4.89. The van der Waals surface area contributed by atoms with Crippen LogP contribution in [0.5, 0.6) is 0 Å². The largest absolute Gasteiger partial charge is 0.226 e. The van der Waals surface area contributed by atoms with Gasteiger partial charge in [-0.05, 0) is 40.8 Å². The minimum absolute atomic E-state index is 0.00429. The van der Waals surface area contributed by atoms with Crippen LogP contribution in [0, 0.1) is 0 Å². The Morgan fingerprint density at radius 1 is 0.421 bits per heavy atom. The number of alkyl halides is 21. The molecule has 0 saturated carbocycles. The molecule has 0 aliphatic carbocycles. The molecule has 38 heavy (non-hydrogen) atoms. The van der Waals surface area contributed by atoms with Gasteiger partial charge in [0.25, 0.3) is 0 Å². The van der Waals surface area contributed by atoms with Crippen molar-refractivity contribution in [2.24, 2.45) is 0 Å². The average molecular weight is 956 g/mol. The second-order valence-corrected chi connectivity index (χ2v) is 22.2. The molecule has 222 valence electrons. The van der Waals surface area contributed by atoms with Gasteiger partial charge in [-0.3, -0.25) is 0 Å². The molecule has 1 aromatic carbocycles. The Balaban J connectivity index is 4.45. The van der Waals surface area contributed by atoms with Crippen LogP contribution in [0.2, 0.25) is 0 Å². The first-order valence-corrected chi connectivity index (χ1v) is 16.9. The predicted octanol–water partition coefficient (Wildman–Crippen LogP) is 14.8. The molecule has 0 atom stereocenters. The SMILES string of the molecule is CCc1c(C(Cl)(Cl)C(Cl)(Cl)C(Cl)(Cl)Cl)cc(C(Cl)(Cl)C(Cl)(Cl)C(Cl)(Cl)Cl)cc1C(Cl)(Cl)C(Cl)(Cl)C(Cl)(Cl)Cl. The maximum atomic E-state index is 6.66. The van der Waals surface area contributed by atoms with Gasteiger partial charge in [-0.2, -0.15) is 0 Å². The maximum absolute atomic E-state index is 6.66. The van der Waals surface area contributed by atoms with Crippen LogP contribution in [-0.2, 0) is 19.4 Å². The fourth-order valence-electron chi connectivity index (χ4n) is 2.85. The molecule has 0 heterocycles. The molecule has 0 saturated heterocycles. The van der Waals surface area contributed by atoms with Crippen molar-refractivity contribution >= 4 is 244 Å². The van der Waals surface area contributed by atoms with Gasteiger partial charge in [0.15, 0.2) is 13.0 Å². The van der Waals surface area contributed by atoms with E-state index in [0.29, 0.717) is 0 Å². The van der Waals surface area contributed by atoms with Crippen LogP contribution in [0.25, 0.3) is 0 Å². The van der Waals surface area contributed by atoms with Gasteiger partial charge in [0, 0.05) is 0 Å². The first kappa shape index (κ1) is 41.3. The first-order valence-electron chi connectivity index (χ1n) is 8.93. The minimum atomic E-state index is -2.60. The van der Waals surface area contributed by atoms with Gasteiger partial charge in [-0.25, -0.2) is 0 Å².